The fourth-order valence-electron chi connectivity index (χ4n) is 4.06. The number of nitrogens with zero attached hydrogens (tertiary/aromatic N) is 4. The van der Waals surface area contributed by atoms with E-state index in [2.05, 4.69) is 53.3 Å². The zero-order valence-corrected chi connectivity index (χ0v) is 21.0. The van der Waals surface area contributed by atoms with Crippen LogP contribution >= 0.6 is 24.0 Å². The van der Waals surface area contributed by atoms with Crippen LogP contribution in [0.1, 0.15) is 56.5 Å². The molecule has 0 aliphatic carbocycles. The van der Waals surface area contributed by atoms with Crippen molar-refractivity contribution in [3.63, 3.8) is 0 Å². The first-order valence-corrected chi connectivity index (χ1v) is 10.6. The summed E-state index contributed by atoms with van der Waals surface area (Å²) in [4.78, 5) is 7.01. The highest BCUT2D eigenvalue weighted by Gasteiger charge is 2.16. The molecule has 0 aromatic carbocycles. The zero-order valence-electron chi connectivity index (χ0n) is 18.7. The molecule has 1 aliphatic rings. The largest absolute Gasteiger partial charge is 0.356 e. The van der Waals surface area contributed by atoms with Gasteiger partial charge in [-0.1, -0.05) is 6.92 Å². The number of piperidine rings is 1. The van der Waals surface area contributed by atoms with Crippen LogP contribution in [-0.4, -0.2) is 59.9 Å². The van der Waals surface area contributed by atoms with Gasteiger partial charge in [0.05, 0.1) is 5.69 Å². The highest BCUT2D eigenvalue weighted by atomic mass is 127. The molecule has 2 unspecified atom stereocenters. The molecular formula is C21H41IN6. The SMILES string of the molecule is CN=C(NCCCCN1CCCC(C)C1)NC(C)Cc1c(C)nn(C)c1C.I. The van der Waals surface area contributed by atoms with Crippen LogP contribution in [0.4, 0.5) is 0 Å². The number of unbranched alkanes of at least 4 members (excludes halogenated alkanes) is 1. The van der Waals surface area contributed by atoms with E-state index in [1.807, 2.05) is 18.8 Å². The molecule has 0 saturated carbocycles. The maximum atomic E-state index is 4.52. The first kappa shape index (κ1) is 25.2. The Balaban J connectivity index is 0.00000392. The Labute approximate surface area is 189 Å². The van der Waals surface area contributed by atoms with Crippen LogP contribution in [0, 0.1) is 19.8 Å². The predicted octanol–water partition coefficient (Wildman–Crippen LogP) is 3.26. The van der Waals surface area contributed by atoms with Gasteiger partial charge in [-0.2, -0.15) is 5.10 Å². The van der Waals surface area contributed by atoms with E-state index in [0.717, 1.165) is 30.5 Å². The van der Waals surface area contributed by atoms with Crippen molar-refractivity contribution in [3.05, 3.63) is 17.0 Å². The van der Waals surface area contributed by atoms with Crippen molar-refractivity contribution >= 4 is 29.9 Å². The minimum absolute atomic E-state index is 0. The molecule has 0 radical (unpaired) electrons. The topological polar surface area (TPSA) is 57.5 Å². The third-order valence-corrected chi connectivity index (χ3v) is 5.71. The number of aliphatic imine (C=N–C) groups is 1. The van der Waals surface area contributed by atoms with Crippen LogP contribution in [0.25, 0.3) is 0 Å². The lowest BCUT2D eigenvalue weighted by Gasteiger charge is -2.30. The fraction of sp³-hybridized carbons (Fsp3) is 0.810. The third-order valence-electron chi connectivity index (χ3n) is 5.71. The molecular weight excluding hydrogens is 463 g/mol. The molecule has 0 bridgehead atoms. The average Bonchev–Trinajstić information content (AvgIpc) is 2.86. The summed E-state index contributed by atoms with van der Waals surface area (Å²) in [6.45, 7) is 13.6. The Morgan fingerprint density at radius 2 is 2.07 bits per heavy atom. The van der Waals surface area contributed by atoms with E-state index in [9.17, 15) is 0 Å². The maximum absolute atomic E-state index is 4.52. The van der Waals surface area contributed by atoms with Gasteiger partial charge < -0.3 is 15.5 Å². The van der Waals surface area contributed by atoms with Crippen LogP contribution in [0.3, 0.4) is 0 Å². The lowest BCUT2D eigenvalue weighted by atomic mass is 10.0. The van der Waals surface area contributed by atoms with Crippen molar-refractivity contribution in [3.8, 4) is 0 Å². The molecule has 0 spiro atoms. The van der Waals surface area contributed by atoms with E-state index in [-0.39, 0.29) is 24.0 Å². The van der Waals surface area contributed by atoms with E-state index in [1.165, 1.54) is 56.6 Å². The number of aromatic nitrogens is 2. The van der Waals surface area contributed by atoms with Crippen molar-refractivity contribution in [2.24, 2.45) is 18.0 Å². The number of hydrogen-bond donors (Lipinski definition) is 2. The predicted molar refractivity (Wildman–Crippen MR) is 130 cm³/mol. The number of rotatable bonds is 8. The summed E-state index contributed by atoms with van der Waals surface area (Å²) in [7, 11) is 3.85. The molecule has 28 heavy (non-hydrogen) atoms. The number of likely N-dealkylation sites (tertiary alicyclic amines) is 1. The molecule has 2 N–H and O–H groups in total. The van der Waals surface area contributed by atoms with Crippen molar-refractivity contribution < 1.29 is 0 Å². The molecule has 1 saturated heterocycles. The van der Waals surface area contributed by atoms with Crippen LogP contribution in [0.5, 0.6) is 0 Å². The van der Waals surface area contributed by atoms with Gasteiger partial charge in [-0.15, -0.1) is 24.0 Å². The first-order chi connectivity index (χ1) is 12.9. The lowest BCUT2D eigenvalue weighted by molar-refractivity contribution is 0.181. The Morgan fingerprint density at radius 1 is 1.32 bits per heavy atom. The summed E-state index contributed by atoms with van der Waals surface area (Å²) >= 11 is 0. The summed E-state index contributed by atoms with van der Waals surface area (Å²) in [6.07, 6.45) is 6.15. The van der Waals surface area contributed by atoms with E-state index < -0.39 is 0 Å². The highest BCUT2D eigenvalue weighted by Crippen LogP contribution is 2.16. The van der Waals surface area contributed by atoms with Gasteiger partial charge in [0.15, 0.2) is 5.96 Å². The van der Waals surface area contributed by atoms with E-state index in [1.54, 1.807) is 0 Å². The minimum atomic E-state index is 0. The Bertz CT molecular complexity index is 612. The van der Waals surface area contributed by atoms with E-state index in [4.69, 9.17) is 0 Å². The van der Waals surface area contributed by atoms with Crippen molar-refractivity contribution in [1.29, 1.82) is 0 Å². The van der Waals surface area contributed by atoms with Gasteiger partial charge in [-0.25, -0.2) is 0 Å². The monoisotopic (exact) mass is 504 g/mol. The van der Waals surface area contributed by atoms with E-state index in [0.29, 0.717) is 6.04 Å². The second kappa shape index (κ2) is 12.7. The lowest BCUT2D eigenvalue weighted by Crippen LogP contribution is -2.43. The molecule has 162 valence electrons. The molecule has 7 heteroatoms. The van der Waals surface area contributed by atoms with Crippen molar-refractivity contribution in [1.82, 2.24) is 25.3 Å². The normalized spacial score (nSPS) is 19.2. The summed E-state index contributed by atoms with van der Waals surface area (Å²) in [5.74, 6) is 1.77. The second-order valence-electron chi connectivity index (χ2n) is 8.28. The highest BCUT2D eigenvalue weighted by molar-refractivity contribution is 14.0. The average molecular weight is 505 g/mol. The van der Waals surface area contributed by atoms with Crippen molar-refractivity contribution in [2.75, 3.05) is 33.2 Å². The molecule has 1 aromatic rings. The molecule has 2 atom stereocenters. The fourth-order valence-corrected chi connectivity index (χ4v) is 4.06. The van der Waals surface area contributed by atoms with Gasteiger partial charge in [0.25, 0.3) is 0 Å². The van der Waals surface area contributed by atoms with Gasteiger partial charge >= 0.3 is 0 Å². The van der Waals surface area contributed by atoms with Gasteiger partial charge in [0.2, 0.25) is 0 Å². The second-order valence-corrected chi connectivity index (χ2v) is 8.28. The molecule has 2 rings (SSSR count). The number of aryl methyl sites for hydroxylation is 2. The smallest absolute Gasteiger partial charge is 0.191 e. The summed E-state index contributed by atoms with van der Waals surface area (Å²) in [6, 6.07) is 0.313. The van der Waals surface area contributed by atoms with Gasteiger partial charge in [0, 0.05) is 38.9 Å². The standard InChI is InChI=1S/C21H40N6.HI/c1-16-10-9-13-27(15-16)12-8-7-11-23-21(22-5)24-17(2)14-20-18(3)25-26(6)19(20)4;/h16-17H,7-15H2,1-6H3,(H2,22,23,24);1H. The zero-order chi connectivity index (χ0) is 19.8. The summed E-state index contributed by atoms with van der Waals surface area (Å²) < 4.78 is 1.97. The molecule has 2 heterocycles. The maximum Gasteiger partial charge on any atom is 0.191 e. The molecule has 1 aromatic heterocycles. The summed E-state index contributed by atoms with van der Waals surface area (Å²) in [5.41, 5.74) is 3.71. The van der Waals surface area contributed by atoms with Gasteiger partial charge in [-0.3, -0.25) is 9.67 Å². The first-order valence-electron chi connectivity index (χ1n) is 10.6. The van der Waals surface area contributed by atoms with Crippen LogP contribution in [0.2, 0.25) is 0 Å². The molecule has 0 amide bonds. The number of guanidine groups is 1. The number of nitrogens with one attached hydrogen (secondary N) is 2. The van der Waals surface area contributed by atoms with Crippen LogP contribution in [0.15, 0.2) is 4.99 Å². The summed E-state index contributed by atoms with van der Waals surface area (Å²) in [5, 5.41) is 11.5. The van der Waals surface area contributed by atoms with Crippen LogP contribution < -0.4 is 10.6 Å². The Hall–Kier alpha value is -0.830. The molecule has 1 fully saturated rings. The third kappa shape index (κ3) is 7.89. The van der Waals surface area contributed by atoms with Crippen LogP contribution in [-0.2, 0) is 13.5 Å². The molecule has 1 aliphatic heterocycles. The van der Waals surface area contributed by atoms with E-state index >= 15 is 0 Å². The van der Waals surface area contributed by atoms with Gasteiger partial charge in [0.1, 0.15) is 0 Å². The Morgan fingerprint density at radius 3 is 2.68 bits per heavy atom. The van der Waals surface area contributed by atoms with Crippen molar-refractivity contribution in [2.45, 2.75) is 65.8 Å². The Kier molecular flexibility index (Phi) is 11.4. The minimum Gasteiger partial charge on any atom is -0.356 e. The molecule has 6 nitrogen and oxygen atoms in total. The number of halogens is 1. The number of hydrogen-bond acceptors (Lipinski definition) is 3. The van der Waals surface area contributed by atoms with Gasteiger partial charge in [-0.05, 0) is 77.4 Å². The quantitative estimate of drug-likeness (QED) is 0.247.